The Morgan fingerprint density at radius 2 is 2.07 bits per heavy atom. The maximum absolute atomic E-state index is 12.7. The van der Waals surface area contributed by atoms with Gasteiger partial charge in [-0.2, -0.15) is 0 Å². The Bertz CT molecular complexity index is 319. The zero-order chi connectivity index (χ0) is 11.3. The summed E-state index contributed by atoms with van der Waals surface area (Å²) in [5, 5.41) is 0. The summed E-state index contributed by atoms with van der Waals surface area (Å²) in [6.07, 6.45) is 0.610. The molecule has 3 heteroatoms. The fourth-order valence-electron chi connectivity index (χ4n) is 1.30. The highest BCUT2D eigenvalue weighted by atomic mass is 19.1. The first-order valence-electron chi connectivity index (χ1n) is 4.81. The molecule has 0 saturated heterocycles. The number of benzene rings is 1. The molecule has 0 aliphatic carbocycles. The van der Waals surface area contributed by atoms with Gasteiger partial charge in [0.25, 0.3) is 0 Å². The Balaban J connectivity index is 2.65. The second kappa shape index (κ2) is 5.49. The van der Waals surface area contributed by atoms with Crippen LogP contribution in [0, 0.1) is 12.7 Å². The lowest BCUT2D eigenvalue weighted by Crippen LogP contribution is -2.10. The number of hydrogen-bond acceptors (Lipinski definition) is 2. The van der Waals surface area contributed by atoms with E-state index in [1.807, 2.05) is 0 Å². The molecule has 0 N–H and O–H groups in total. The summed E-state index contributed by atoms with van der Waals surface area (Å²) in [7, 11) is 0. The highest BCUT2D eigenvalue weighted by molar-refractivity contribution is 5.65. The average Bonchev–Trinajstić information content (AvgIpc) is 2.21. The number of ether oxygens (including phenoxy) is 1. The van der Waals surface area contributed by atoms with Crippen molar-refractivity contribution in [1.82, 2.24) is 0 Å². The molecule has 81 valence electrons. The normalized spacial score (nSPS) is 12.2. The minimum atomic E-state index is -0.310. The van der Waals surface area contributed by atoms with Crippen molar-refractivity contribution in [1.29, 1.82) is 0 Å². The van der Waals surface area contributed by atoms with Crippen molar-refractivity contribution in [3.05, 3.63) is 42.6 Å². The second-order valence-corrected chi connectivity index (χ2v) is 3.34. The third kappa shape index (κ3) is 3.70. The van der Waals surface area contributed by atoms with Crippen molar-refractivity contribution in [2.45, 2.75) is 19.3 Å². The van der Waals surface area contributed by atoms with Gasteiger partial charge in [0.15, 0.2) is 0 Å². The Morgan fingerprint density at radius 1 is 1.47 bits per heavy atom. The molecule has 1 aromatic carbocycles. The molecule has 0 aromatic heterocycles. The summed E-state index contributed by atoms with van der Waals surface area (Å²) >= 11 is 0. The van der Waals surface area contributed by atoms with Crippen LogP contribution in [0.3, 0.4) is 0 Å². The van der Waals surface area contributed by atoms with Gasteiger partial charge in [-0.15, -0.1) is 0 Å². The van der Waals surface area contributed by atoms with Gasteiger partial charge in [-0.05, 0) is 24.1 Å². The molecule has 0 amide bonds. The average molecular weight is 209 g/mol. The molecule has 1 rings (SSSR count). The van der Waals surface area contributed by atoms with E-state index in [1.54, 1.807) is 12.1 Å². The SMILES string of the molecule is [CH2]CC(COC(C)=O)c1ccc(F)cc1. The van der Waals surface area contributed by atoms with E-state index in [4.69, 9.17) is 4.74 Å². The van der Waals surface area contributed by atoms with Crippen molar-refractivity contribution in [3.63, 3.8) is 0 Å². The maximum atomic E-state index is 12.7. The third-order valence-corrected chi connectivity index (χ3v) is 2.18. The molecule has 0 bridgehead atoms. The standard InChI is InChI=1S/C12H14FO2/c1-3-10(8-15-9(2)14)11-4-6-12(13)7-5-11/h4-7,10H,1,3,8H2,2H3. The van der Waals surface area contributed by atoms with Crippen molar-refractivity contribution in [2.75, 3.05) is 6.61 Å². The van der Waals surface area contributed by atoms with Gasteiger partial charge in [0.2, 0.25) is 0 Å². The number of hydrogen-bond donors (Lipinski definition) is 0. The molecule has 15 heavy (non-hydrogen) atoms. The molecule has 0 aliphatic heterocycles. The van der Waals surface area contributed by atoms with Crippen LogP contribution in [0.1, 0.15) is 24.8 Å². The van der Waals surface area contributed by atoms with Crippen molar-refractivity contribution in [3.8, 4) is 0 Å². The van der Waals surface area contributed by atoms with Gasteiger partial charge < -0.3 is 4.74 Å². The number of halogens is 1. The van der Waals surface area contributed by atoms with E-state index in [1.165, 1.54) is 19.1 Å². The van der Waals surface area contributed by atoms with E-state index >= 15 is 0 Å². The van der Waals surface area contributed by atoms with Gasteiger partial charge in [0, 0.05) is 12.8 Å². The summed E-state index contributed by atoms with van der Waals surface area (Å²) < 4.78 is 17.6. The summed E-state index contributed by atoms with van der Waals surface area (Å²) in [6.45, 7) is 5.44. The monoisotopic (exact) mass is 209 g/mol. The van der Waals surface area contributed by atoms with E-state index in [0.717, 1.165) is 5.56 Å². The van der Waals surface area contributed by atoms with Crippen LogP contribution < -0.4 is 0 Å². The molecule has 1 unspecified atom stereocenters. The Morgan fingerprint density at radius 3 is 2.53 bits per heavy atom. The van der Waals surface area contributed by atoms with E-state index in [2.05, 4.69) is 6.92 Å². The molecule has 0 spiro atoms. The van der Waals surface area contributed by atoms with E-state index < -0.39 is 0 Å². The minimum Gasteiger partial charge on any atom is -0.465 e. The molecular weight excluding hydrogens is 195 g/mol. The second-order valence-electron chi connectivity index (χ2n) is 3.34. The molecule has 0 saturated carbocycles. The zero-order valence-electron chi connectivity index (χ0n) is 8.70. The lowest BCUT2D eigenvalue weighted by Gasteiger charge is -2.14. The molecule has 1 aromatic rings. The molecule has 0 fully saturated rings. The van der Waals surface area contributed by atoms with E-state index in [9.17, 15) is 9.18 Å². The van der Waals surface area contributed by atoms with Crippen LogP contribution in [0.4, 0.5) is 4.39 Å². The number of esters is 1. The van der Waals surface area contributed by atoms with Gasteiger partial charge in [0.1, 0.15) is 5.82 Å². The van der Waals surface area contributed by atoms with Gasteiger partial charge in [-0.3, -0.25) is 4.79 Å². The van der Waals surface area contributed by atoms with Crippen molar-refractivity contribution < 1.29 is 13.9 Å². The predicted molar refractivity (Wildman–Crippen MR) is 55.7 cm³/mol. The van der Waals surface area contributed by atoms with Crippen LogP contribution in [0.2, 0.25) is 0 Å². The van der Waals surface area contributed by atoms with E-state index in [-0.39, 0.29) is 17.7 Å². The van der Waals surface area contributed by atoms with E-state index in [0.29, 0.717) is 13.0 Å². The summed E-state index contributed by atoms with van der Waals surface area (Å²) in [6, 6.07) is 6.17. The van der Waals surface area contributed by atoms with Gasteiger partial charge in [0.05, 0.1) is 6.61 Å². The molecule has 0 aliphatic rings. The van der Waals surface area contributed by atoms with Gasteiger partial charge >= 0.3 is 5.97 Å². The van der Waals surface area contributed by atoms with Gasteiger partial charge in [-0.25, -0.2) is 4.39 Å². The summed E-state index contributed by atoms with van der Waals surface area (Å²) in [5.74, 6) is -0.542. The van der Waals surface area contributed by atoms with Crippen LogP contribution >= 0.6 is 0 Å². The lowest BCUT2D eigenvalue weighted by atomic mass is 9.97. The first kappa shape index (κ1) is 11.7. The predicted octanol–water partition coefficient (Wildman–Crippen LogP) is 2.70. The molecule has 2 nitrogen and oxygen atoms in total. The molecule has 1 atom stereocenters. The van der Waals surface area contributed by atoms with Gasteiger partial charge in [-0.1, -0.05) is 19.1 Å². The first-order chi connectivity index (χ1) is 7.13. The summed E-state index contributed by atoms with van der Waals surface area (Å²) in [4.78, 5) is 10.6. The van der Waals surface area contributed by atoms with Crippen molar-refractivity contribution >= 4 is 5.97 Å². The lowest BCUT2D eigenvalue weighted by molar-refractivity contribution is -0.141. The minimum absolute atomic E-state index is 0.0366. The van der Waals surface area contributed by atoms with Crippen LogP contribution in [-0.4, -0.2) is 12.6 Å². The number of carbonyl (C=O) groups excluding carboxylic acids is 1. The topological polar surface area (TPSA) is 26.3 Å². The smallest absolute Gasteiger partial charge is 0.302 e. The Kier molecular flexibility index (Phi) is 4.28. The zero-order valence-corrected chi connectivity index (χ0v) is 8.70. The van der Waals surface area contributed by atoms with Crippen LogP contribution in [-0.2, 0) is 9.53 Å². The third-order valence-electron chi connectivity index (χ3n) is 2.18. The van der Waals surface area contributed by atoms with Crippen molar-refractivity contribution in [2.24, 2.45) is 0 Å². The highest BCUT2D eigenvalue weighted by Crippen LogP contribution is 2.19. The fraction of sp³-hybridized carbons (Fsp3) is 0.333. The summed E-state index contributed by atoms with van der Waals surface area (Å²) in [5.41, 5.74) is 0.938. The molecular formula is C12H14FO2. The number of carbonyl (C=O) groups is 1. The largest absolute Gasteiger partial charge is 0.465 e. The Labute approximate surface area is 89.1 Å². The van der Waals surface area contributed by atoms with Crippen LogP contribution in [0.15, 0.2) is 24.3 Å². The molecule has 0 heterocycles. The highest BCUT2D eigenvalue weighted by Gasteiger charge is 2.10. The van der Waals surface area contributed by atoms with Crippen LogP contribution in [0.25, 0.3) is 0 Å². The maximum Gasteiger partial charge on any atom is 0.302 e. The van der Waals surface area contributed by atoms with Crippen LogP contribution in [0.5, 0.6) is 0 Å². The quantitative estimate of drug-likeness (QED) is 0.713. The fourth-order valence-corrected chi connectivity index (χ4v) is 1.30. The number of rotatable bonds is 4. The Hall–Kier alpha value is -1.38. The first-order valence-corrected chi connectivity index (χ1v) is 4.81. The molecule has 1 radical (unpaired) electrons.